The van der Waals surface area contributed by atoms with Crippen LogP contribution in [0.1, 0.15) is 31.0 Å². The van der Waals surface area contributed by atoms with Crippen LogP contribution in [0.25, 0.3) is 6.08 Å². The summed E-state index contributed by atoms with van der Waals surface area (Å²) < 4.78 is 27.0. The number of carbonyl (C=O) groups excluding carboxylic acids is 1. The Balaban J connectivity index is 1.97. The van der Waals surface area contributed by atoms with E-state index in [9.17, 15) is 14.0 Å². The summed E-state index contributed by atoms with van der Waals surface area (Å²) >= 11 is 4.66. The fourth-order valence-corrected chi connectivity index (χ4v) is 5.13. The molecule has 33 heavy (non-hydrogen) atoms. The van der Waals surface area contributed by atoms with Crippen molar-refractivity contribution in [1.29, 1.82) is 0 Å². The molecule has 0 amide bonds. The van der Waals surface area contributed by atoms with Gasteiger partial charge in [-0.1, -0.05) is 39.4 Å². The largest absolute Gasteiger partial charge is 0.496 e. The van der Waals surface area contributed by atoms with Crippen LogP contribution in [0.4, 0.5) is 4.39 Å². The first-order valence-electron chi connectivity index (χ1n) is 10.1. The van der Waals surface area contributed by atoms with Gasteiger partial charge in [0.1, 0.15) is 11.6 Å². The molecule has 1 aliphatic heterocycles. The van der Waals surface area contributed by atoms with Crippen LogP contribution >= 0.6 is 27.3 Å². The molecule has 0 saturated carbocycles. The van der Waals surface area contributed by atoms with Crippen LogP contribution < -0.4 is 19.6 Å². The number of hydrogen-bond acceptors (Lipinski definition) is 6. The summed E-state index contributed by atoms with van der Waals surface area (Å²) in [5.74, 6) is -0.357. The molecule has 0 spiro atoms. The molecule has 9 heteroatoms. The molecule has 170 valence electrons. The van der Waals surface area contributed by atoms with E-state index in [2.05, 4.69) is 20.9 Å². The van der Waals surface area contributed by atoms with Crippen LogP contribution in [0.2, 0.25) is 0 Å². The summed E-state index contributed by atoms with van der Waals surface area (Å²) in [5, 5.41) is 0. The average Bonchev–Trinajstić information content (AvgIpc) is 3.08. The lowest BCUT2D eigenvalue weighted by atomic mass is 9.96. The number of benzene rings is 2. The lowest BCUT2D eigenvalue weighted by Gasteiger charge is -2.24. The molecule has 2 aromatic carbocycles. The van der Waals surface area contributed by atoms with Crippen LogP contribution in [0.3, 0.4) is 0 Å². The zero-order chi connectivity index (χ0) is 23.7. The molecule has 0 saturated heterocycles. The first-order chi connectivity index (χ1) is 15.8. The standard InChI is InChI=1S/C24H20BrFN2O4S/c1-4-32-23(30)20-13(2)27-24-28(21(20)14-5-8-17(26)9-6-14)22(29)19(33-24)12-15-11-16(25)7-10-18(15)31-3/h5-12,21H,4H2,1-3H3/b19-12-. The summed E-state index contributed by atoms with van der Waals surface area (Å²) in [6.45, 7) is 3.59. The third kappa shape index (κ3) is 4.43. The van der Waals surface area contributed by atoms with Crippen molar-refractivity contribution in [1.82, 2.24) is 4.57 Å². The first-order valence-corrected chi connectivity index (χ1v) is 11.7. The highest BCUT2D eigenvalue weighted by molar-refractivity contribution is 9.10. The van der Waals surface area contributed by atoms with E-state index in [-0.39, 0.29) is 17.7 Å². The normalized spacial score (nSPS) is 15.8. The summed E-state index contributed by atoms with van der Waals surface area (Å²) in [7, 11) is 1.56. The Morgan fingerprint density at radius 1 is 1.27 bits per heavy atom. The second-order valence-corrected chi connectivity index (χ2v) is 9.16. The maximum atomic E-state index is 13.6. The Morgan fingerprint density at radius 2 is 2.00 bits per heavy atom. The van der Waals surface area contributed by atoms with Crippen LogP contribution in [-0.2, 0) is 9.53 Å². The number of fused-ring (bicyclic) bond motifs is 1. The minimum Gasteiger partial charge on any atom is -0.496 e. The zero-order valence-electron chi connectivity index (χ0n) is 18.1. The van der Waals surface area contributed by atoms with Crippen LogP contribution in [0, 0.1) is 5.82 Å². The number of nitrogens with zero attached hydrogens (tertiary/aromatic N) is 2. The molecule has 0 fully saturated rings. The van der Waals surface area contributed by atoms with Gasteiger partial charge in [-0.2, -0.15) is 0 Å². The number of allylic oxidation sites excluding steroid dienone is 1. The predicted molar refractivity (Wildman–Crippen MR) is 127 cm³/mol. The highest BCUT2D eigenvalue weighted by Crippen LogP contribution is 2.31. The molecule has 1 unspecified atom stereocenters. The second-order valence-electron chi connectivity index (χ2n) is 7.24. The third-order valence-corrected chi connectivity index (χ3v) is 6.66. The molecule has 3 aromatic rings. The summed E-state index contributed by atoms with van der Waals surface area (Å²) in [4.78, 5) is 31.4. The van der Waals surface area contributed by atoms with Gasteiger partial charge in [-0.05, 0) is 55.8 Å². The fourth-order valence-electron chi connectivity index (χ4n) is 3.71. The molecule has 1 aromatic heterocycles. The Hall–Kier alpha value is -3.04. The SMILES string of the molecule is CCOC(=O)C1=C(C)N=c2s/c(=C\c3cc(Br)ccc3OC)c(=O)n2C1c1ccc(F)cc1. The van der Waals surface area contributed by atoms with Crippen molar-refractivity contribution < 1.29 is 18.7 Å². The number of methoxy groups -OCH3 is 1. The summed E-state index contributed by atoms with van der Waals surface area (Å²) in [6.07, 6.45) is 1.73. The van der Waals surface area contributed by atoms with Crippen molar-refractivity contribution in [3.05, 3.63) is 94.8 Å². The van der Waals surface area contributed by atoms with Crippen LogP contribution in [0.5, 0.6) is 5.75 Å². The van der Waals surface area contributed by atoms with E-state index >= 15 is 0 Å². The number of thiazole rings is 1. The third-order valence-electron chi connectivity index (χ3n) is 5.18. The number of halogens is 2. The second kappa shape index (κ2) is 9.44. The van der Waals surface area contributed by atoms with E-state index in [0.717, 1.165) is 10.0 Å². The molecule has 1 aliphatic rings. The Bertz CT molecular complexity index is 1440. The molecule has 0 N–H and O–H groups in total. The number of rotatable bonds is 5. The topological polar surface area (TPSA) is 69.9 Å². The molecule has 4 rings (SSSR count). The van der Waals surface area contributed by atoms with Gasteiger partial charge >= 0.3 is 5.97 Å². The van der Waals surface area contributed by atoms with Gasteiger partial charge in [0.05, 0.1) is 35.6 Å². The maximum Gasteiger partial charge on any atom is 0.338 e. The van der Waals surface area contributed by atoms with E-state index < -0.39 is 17.8 Å². The molecular formula is C24H20BrFN2O4S. The van der Waals surface area contributed by atoms with Crippen molar-refractivity contribution in [2.75, 3.05) is 13.7 Å². The van der Waals surface area contributed by atoms with Crippen molar-refractivity contribution >= 4 is 39.3 Å². The molecule has 0 bridgehead atoms. The molecule has 1 atom stereocenters. The molecule has 0 aliphatic carbocycles. The van der Waals surface area contributed by atoms with Crippen molar-refractivity contribution in [3.63, 3.8) is 0 Å². The van der Waals surface area contributed by atoms with E-state index in [1.165, 1.54) is 28.0 Å². The van der Waals surface area contributed by atoms with E-state index in [1.807, 2.05) is 12.1 Å². The molecule has 2 heterocycles. The quantitative estimate of drug-likeness (QED) is 0.471. The highest BCUT2D eigenvalue weighted by Gasteiger charge is 2.33. The van der Waals surface area contributed by atoms with E-state index in [4.69, 9.17) is 9.47 Å². The highest BCUT2D eigenvalue weighted by atomic mass is 79.9. The Labute approximate surface area is 201 Å². The molecule has 0 radical (unpaired) electrons. The van der Waals surface area contributed by atoms with Gasteiger partial charge < -0.3 is 9.47 Å². The van der Waals surface area contributed by atoms with Crippen molar-refractivity contribution in [2.45, 2.75) is 19.9 Å². The number of hydrogen-bond donors (Lipinski definition) is 0. The Kier molecular flexibility index (Phi) is 6.62. The van der Waals surface area contributed by atoms with Gasteiger partial charge in [-0.3, -0.25) is 9.36 Å². The average molecular weight is 531 g/mol. The maximum absolute atomic E-state index is 13.6. The van der Waals surface area contributed by atoms with E-state index in [0.29, 0.717) is 26.3 Å². The molecule has 6 nitrogen and oxygen atoms in total. The van der Waals surface area contributed by atoms with Gasteiger partial charge in [0.25, 0.3) is 5.56 Å². The number of ether oxygens (including phenoxy) is 2. The first kappa shape index (κ1) is 23.1. The van der Waals surface area contributed by atoms with Gasteiger partial charge in [0.15, 0.2) is 4.80 Å². The molecular weight excluding hydrogens is 511 g/mol. The van der Waals surface area contributed by atoms with Gasteiger partial charge in [0.2, 0.25) is 0 Å². The minimum absolute atomic E-state index is 0.179. The number of esters is 1. The predicted octanol–water partition coefficient (Wildman–Crippen LogP) is 3.71. The zero-order valence-corrected chi connectivity index (χ0v) is 20.5. The van der Waals surface area contributed by atoms with Gasteiger partial charge in [-0.15, -0.1) is 0 Å². The van der Waals surface area contributed by atoms with Crippen LogP contribution in [-0.4, -0.2) is 24.3 Å². The van der Waals surface area contributed by atoms with Crippen LogP contribution in [0.15, 0.2) is 68.0 Å². The van der Waals surface area contributed by atoms with Gasteiger partial charge in [-0.25, -0.2) is 14.2 Å². The lowest BCUT2D eigenvalue weighted by Crippen LogP contribution is -2.39. The van der Waals surface area contributed by atoms with E-state index in [1.54, 1.807) is 45.2 Å². The summed E-state index contributed by atoms with van der Waals surface area (Å²) in [5.41, 5.74) is 1.70. The van der Waals surface area contributed by atoms with Gasteiger partial charge in [0, 0.05) is 10.0 Å². The Morgan fingerprint density at radius 3 is 2.67 bits per heavy atom. The smallest absolute Gasteiger partial charge is 0.338 e. The lowest BCUT2D eigenvalue weighted by molar-refractivity contribution is -0.139. The number of aromatic nitrogens is 1. The minimum atomic E-state index is -0.785. The van der Waals surface area contributed by atoms with Crippen molar-refractivity contribution in [2.24, 2.45) is 4.99 Å². The monoisotopic (exact) mass is 530 g/mol. The van der Waals surface area contributed by atoms with Crippen molar-refractivity contribution in [3.8, 4) is 5.75 Å². The number of carbonyl (C=O) groups is 1. The fraction of sp³-hybridized carbons (Fsp3) is 0.208. The summed E-state index contributed by atoms with van der Waals surface area (Å²) in [6, 6.07) is 10.4.